The molecule has 2 unspecified atom stereocenters. The lowest BCUT2D eigenvalue weighted by Gasteiger charge is -2.19. The van der Waals surface area contributed by atoms with E-state index in [1.54, 1.807) is 12.1 Å². The quantitative estimate of drug-likeness (QED) is 0.752. The van der Waals surface area contributed by atoms with E-state index in [9.17, 15) is 4.79 Å². The molecule has 1 fully saturated rings. The van der Waals surface area contributed by atoms with E-state index in [2.05, 4.69) is 0 Å². The Morgan fingerprint density at radius 3 is 2.61 bits per heavy atom. The molecule has 0 N–H and O–H groups in total. The summed E-state index contributed by atoms with van der Waals surface area (Å²) in [6.45, 7) is 5.61. The normalized spacial score (nSPS) is 22.7. The van der Waals surface area contributed by atoms with Gasteiger partial charge in [-0.25, -0.2) is 0 Å². The van der Waals surface area contributed by atoms with Crippen molar-refractivity contribution in [2.24, 2.45) is 5.92 Å². The SMILES string of the molecule is CC(C)(C)OC(=O)C1CC1c1cc(Cl)ccc1Cl. The molecule has 0 amide bonds. The molecular weight excluding hydrogens is 271 g/mol. The maximum atomic E-state index is 11.9. The third-order valence-corrected chi connectivity index (χ3v) is 3.44. The summed E-state index contributed by atoms with van der Waals surface area (Å²) in [5.74, 6) is -0.0882. The van der Waals surface area contributed by atoms with Gasteiger partial charge in [-0.1, -0.05) is 23.2 Å². The van der Waals surface area contributed by atoms with Crippen molar-refractivity contribution in [3.05, 3.63) is 33.8 Å². The van der Waals surface area contributed by atoms with Crippen LogP contribution in [0.5, 0.6) is 0 Å². The highest BCUT2D eigenvalue weighted by Gasteiger charge is 2.47. The standard InChI is InChI=1S/C14H16Cl2O2/c1-14(2,3)18-13(17)11-7-9(11)10-6-8(15)4-5-12(10)16/h4-6,9,11H,7H2,1-3H3. The fourth-order valence-corrected chi connectivity index (χ4v) is 2.41. The van der Waals surface area contributed by atoms with E-state index in [4.69, 9.17) is 27.9 Å². The fraction of sp³-hybridized carbons (Fsp3) is 0.500. The number of carbonyl (C=O) groups is 1. The minimum atomic E-state index is -0.442. The molecule has 18 heavy (non-hydrogen) atoms. The average molecular weight is 287 g/mol. The number of hydrogen-bond donors (Lipinski definition) is 0. The highest BCUT2D eigenvalue weighted by molar-refractivity contribution is 6.33. The van der Waals surface area contributed by atoms with Gasteiger partial charge in [-0.3, -0.25) is 4.79 Å². The molecule has 4 heteroatoms. The van der Waals surface area contributed by atoms with Crippen molar-refractivity contribution in [3.8, 4) is 0 Å². The van der Waals surface area contributed by atoms with Crippen molar-refractivity contribution in [2.45, 2.75) is 38.7 Å². The molecule has 0 aliphatic heterocycles. The van der Waals surface area contributed by atoms with E-state index in [0.717, 1.165) is 12.0 Å². The van der Waals surface area contributed by atoms with Gasteiger partial charge < -0.3 is 4.74 Å². The van der Waals surface area contributed by atoms with Crippen LogP contribution < -0.4 is 0 Å². The Morgan fingerprint density at radius 2 is 2.00 bits per heavy atom. The Balaban J connectivity index is 2.07. The van der Waals surface area contributed by atoms with Crippen LogP contribution in [-0.4, -0.2) is 11.6 Å². The van der Waals surface area contributed by atoms with Gasteiger partial charge in [-0.05, 0) is 56.9 Å². The topological polar surface area (TPSA) is 26.3 Å². The van der Waals surface area contributed by atoms with E-state index < -0.39 is 5.60 Å². The molecule has 0 radical (unpaired) electrons. The van der Waals surface area contributed by atoms with Crippen LogP contribution in [0.2, 0.25) is 10.0 Å². The number of halogens is 2. The molecular formula is C14H16Cl2O2. The molecule has 0 spiro atoms. The molecule has 2 rings (SSSR count). The summed E-state index contributed by atoms with van der Waals surface area (Å²) in [5.41, 5.74) is 0.502. The summed E-state index contributed by atoms with van der Waals surface area (Å²) in [4.78, 5) is 11.9. The Bertz CT molecular complexity index is 477. The van der Waals surface area contributed by atoms with Gasteiger partial charge in [0.05, 0.1) is 5.92 Å². The van der Waals surface area contributed by atoms with E-state index in [0.29, 0.717) is 10.0 Å². The van der Waals surface area contributed by atoms with Gasteiger partial charge in [0.1, 0.15) is 5.60 Å². The first kappa shape index (κ1) is 13.7. The van der Waals surface area contributed by atoms with Gasteiger partial charge in [-0.15, -0.1) is 0 Å². The molecule has 98 valence electrons. The minimum absolute atomic E-state index is 0.0832. The van der Waals surface area contributed by atoms with Crippen molar-refractivity contribution in [1.29, 1.82) is 0 Å². The van der Waals surface area contributed by atoms with Crippen LogP contribution in [0, 0.1) is 5.92 Å². The van der Waals surface area contributed by atoms with Gasteiger partial charge in [0, 0.05) is 10.0 Å². The molecule has 1 saturated carbocycles. The highest BCUT2D eigenvalue weighted by Crippen LogP contribution is 2.51. The van der Waals surface area contributed by atoms with Crippen LogP contribution in [0.1, 0.15) is 38.7 Å². The van der Waals surface area contributed by atoms with Crippen molar-refractivity contribution < 1.29 is 9.53 Å². The lowest BCUT2D eigenvalue weighted by Crippen LogP contribution is -2.25. The molecule has 0 aromatic heterocycles. The van der Waals surface area contributed by atoms with E-state index >= 15 is 0 Å². The summed E-state index contributed by atoms with van der Waals surface area (Å²) < 4.78 is 5.37. The van der Waals surface area contributed by atoms with E-state index in [1.165, 1.54) is 0 Å². The van der Waals surface area contributed by atoms with Crippen LogP contribution in [0.4, 0.5) is 0 Å². The molecule has 1 aliphatic carbocycles. The van der Waals surface area contributed by atoms with Crippen LogP contribution in [0.25, 0.3) is 0 Å². The first-order valence-corrected chi connectivity index (χ1v) is 6.71. The van der Waals surface area contributed by atoms with Gasteiger partial charge in [0.2, 0.25) is 0 Å². The second kappa shape index (κ2) is 4.75. The first-order valence-electron chi connectivity index (χ1n) is 5.96. The smallest absolute Gasteiger partial charge is 0.310 e. The molecule has 0 saturated heterocycles. The Labute approximate surface area is 117 Å². The number of esters is 1. The summed E-state index contributed by atoms with van der Waals surface area (Å²) in [5, 5.41) is 1.31. The first-order chi connectivity index (χ1) is 8.28. The molecule has 0 heterocycles. The maximum Gasteiger partial charge on any atom is 0.310 e. The number of hydrogen-bond acceptors (Lipinski definition) is 2. The van der Waals surface area contributed by atoms with Crippen molar-refractivity contribution in [2.75, 3.05) is 0 Å². The van der Waals surface area contributed by atoms with Crippen molar-refractivity contribution in [1.82, 2.24) is 0 Å². The van der Waals surface area contributed by atoms with Crippen LogP contribution in [0.15, 0.2) is 18.2 Å². The number of benzene rings is 1. The molecule has 2 nitrogen and oxygen atoms in total. The van der Waals surface area contributed by atoms with E-state index in [-0.39, 0.29) is 17.8 Å². The molecule has 1 aromatic carbocycles. The van der Waals surface area contributed by atoms with Crippen molar-refractivity contribution in [3.63, 3.8) is 0 Å². The summed E-state index contributed by atoms with van der Waals surface area (Å²) in [7, 11) is 0. The maximum absolute atomic E-state index is 11.9. The van der Waals surface area contributed by atoms with Crippen molar-refractivity contribution >= 4 is 29.2 Å². The number of rotatable bonds is 2. The lowest BCUT2D eigenvalue weighted by molar-refractivity contribution is -0.156. The highest BCUT2D eigenvalue weighted by atomic mass is 35.5. The minimum Gasteiger partial charge on any atom is -0.460 e. The van der Waals surface area contributed by atoms with Crippen LogP contribution in [-0.2, 0) is 9.53 Å². The lowest BCUT2D eigenvalue weighted by atomic mass is 10.1. The predicted molar refractivity (Wildman–Crippen MR) is 73.2 cm³/mol. The Hall–Kier alpha value is -0.730. The third-order valence-electron chi connectivity index (χ3n) is 2.86. The summed E-state index contributed by atoms with van der Waals surface area (Å²) >= 11 is 12.1. The predicted octanol–water partition coefficient (Wildman–Crippen LogP) is 4.44. The zero-order valence-electron chi connectivity index (χ0n) is 10.7. The van der Waals surface area contributed by atoms with E-state index in [1.807, 2.05) is 26.8 Å². The summed E-state index contributed by atoms with van der Waals surface area (Å²) in [6, 6.07) is 5.35. The third kappa shape index (κ3) is 3.18. The average Bonchev–Trinajstić information content (AvgIpc) is 2.99. The second-order valence-electron chi connectivity index (χ2n) is 5.65. The van der Waals surface area contributed by atoms with Gasteiger partial charge >= 0.3 is 5.97 Å². The largest absolute Gasteiger partial charge is 0.460 e. The van der Waals surface area contributed by atoms with Gasteiger partial charge in [0.15, 0.2) is 0 Å². The second-order valence-corrected chi connectivity index (χ2v) is 6.49. The monoisotopic (exact) mass is 286 g/mol. The number of ether oxygens (including phenoxy) is 1. The zero-order chi connectivity index (χ0) is 13.5. The molecule has 1 aliphatic rings. The van der Waals surface area contributed by atoms with Gasteiger partial charge in [0.25, 0.3) is 0 Å². The summed E-state index contributed by atoms with van der Waals surface area (Å²) in [6.07, 6.45) is 0.787. The molecule has 2 atom stereocenters. The number of carbonyl (C=O) groups excluding carboxylic acids is 1. The zero-order valence-corrected chi connectivity index (χ0v) is 12.2. The Kier molecular flexibility index (Phi) is 3.61. The van der Waals surface area contributed by atoms with Crippen LogP contribution >= 0.6 is 23.2 Å². The van der Waals surface area contributed by atoms with Crippen LogP contribution in [0.3, 0.4) is 0 Å². The molecule has 0 bridgehead atoms. The molecule has 1 aromatic rings. The fourth-order valence-electron chi connectivity index (χ4n) is 1.98. The van der Waals surface area contributed by atoms with Gasteiger partial charge in [-0.2, -0.15) is 0 Å². The Morgan fingerprint density at radius 1 is 1.33 bits per heavy atom.